The number of piperazine rings is 1. The molecule has 1 atom stereocenters. The van der Waals surface area contributed by atoms with Crippen LogP contribution < -0.4 is 10.2 Å². The van der Waals surface area contributed by atoms with Gasteiger partial charge in [-0.15, -0.1) is 0 Å². The normalized spacial score (nSPS) is 23.1. The third-order valence-electron chi connectivity index (χ3n) is 4.09. The van der Waals surface area contributed by atoms with Gasteiger partial charge in [0.2, 0.25) is 0 Å². The smallest absolute Gasteiger partial charge is 0.317 e. The molecule has 2 saturated heterocycles. The monoisotopic (exact) mass is 259 g/mol. The van der Waals surface area contributed by atoms with Gasteiger partial charge in [-0.25, -0.2) is 4.79 Å². The fourth-order valence-corrected chi connectivity index (χ4v) is 2.87. The van der Waals surface area contributed by atoms with Gasteiger partial charge in [0.05, 0.1) is 6.04 Å². The van der Waals surface area contributed by atoms with E-state index in [0.29, 0.717) is 12.0 Å². The third kappa shape index (κ3) is 2.21. The number of nitrogens with one attached hydrogen (secondary N) is 1. The molecule has 0 saturated carbocycles. The Morgan fingerprint density at radius 2 is 2.00 bits per heavy atom. The van der Waals surface area contributed by atoms with Crippen LogP contribution in [0.2, 0.25) is 0 Å². The van der Waals surface area contributed by atoms with Gasteiger partial charge in [0.1, 0.15) is 0 Å². The minimum absolute atomic E-state index is 0.156. The Morgan fingerprint density at radius 3 is 2.63 bits per heavy atom. The number of nitrogens with zero attached hydrogens (tertiary/aromatic N) is 2. The highest BCUT2D eigenvalue weighted by Gasteiger charge is 2.38. The van der Waals surface area contributed by atoms with Gasteiger partial charge < -0.3 is 10.2 Å². The Morgan fingerprint density at radius 1 is 1.26 bits per heavy atom. The summed E-state index contributed by atoms with van der Waals surface area (Å²) in [6.07, 6.45) is 0. The second kappa shape index (κ2) is 4.85. The summed E-state index contributed by atoms with van der Waals surface area (Å²) in [6.45, 7) is 7.80. The molecule has 1 unspecified atom stereocenters. The molecule has 2 fully saturated rings. The Balaban J connectivity index is 1.80. The summed E-state index contributed by atoms with van der Waals surface area (Å²) in [6, 6.07) is 8.87. The molecule has 19 heavy (non-hydrogen) atoms. The lowest BCUT2D eigenvalue weighted by Gasteiger charge is -2.28. The first-order valence-corrected chi connectivity index (χ1v) is 7.05. The molecule has 2 aliphatic heterocycles. The van der Waals surface area contributed by atoms with Gasteiger partial charge in [0.25, 0.3) is 0 Å². The van der Waals surface area contributed by atoms with E-state index in [-0.39, 0.29) is 6.03 Å². The second-order valence-corrected chi connectivity index (χ2v) is 5.69. The molecule has 1 N–H and O–H groups in total. The summed E-state index contributed by atoms with van der Waals surface area (Å²) in [4.78, 5) is 16.3. The fourth-order valence-electron chi connectivity index (χ4n) is 2.87. The van der Waals surface area contributed by atoms with Crippen LogP contribution in [0.4, 0.5) is 10.5 Å². The van der Waals surface area contributed by atoms with E-state index < -0.39 is 0 Å². The minimum atomic E-state index is 0.156. The highest BCUT2D eigenvalue weighted by Crippen LogP contribution is 2.26. The third-order valence-corrected chi connectivity index (χ3v) is 4.09. The maximum absolute atomic E-state index is 12.4. The van der Waals surface area contributed by atoms with Gasteiger partial charge in [-0.2, -0.15) is 0 Å². The van der Waals surface area contributed by atoms with Gasteiger partial charge in [0, 0.05) is 31.9 Å². The number of benzene rings is 1. The largest absolute Gasteiger partial charge is 0.324 e. The Bertz CT molecular complexity index is 469. The summed E-state index contributed by atoms with van der Waals surface area (Å²) in [7, 11) is 0. The van der Waals surface area contributed by atoms with Gasteiger partial charge in [-0.3, -0.25) is 4.90 Å². The molecule has 4 heteroatoms. The van der Waals surface area contributed by atoms with Crippen LogP contribution in [0.15, 0.2) is 24.3 Å². The summed E-state index contributed by atoms with van der Waals surface area (Å²) < 4.78 is 0. The quantitative estimate of drug-likeness (QED) is 0.882. The standard InChI is InChI=1S/C15H21N3O/c1-11(2)12-3-5-13(6-4-12)18-10-14-9-16-7-8-17(14)15(18)19/h3-6,11,14,16H,7-10H2,1-2H3. The van der Waals surface area contributed by atoms with Crippen molar-refractivity contribution in [1.82, 2.24) is 10.2 Å². The van der Waals surface area contributed by atoms with E-state index in [4.69, 9.17) is 0 Å². The van der Waals surface area contributed by atoms with Crippen LogP contribution in [0.5, 0.6) is 0 Å². The van der Waals surface area contributed by atoms with Crippen LogP contribution in [0, 0.1) is 0 Å². The number of hydrogen-bond donors (Lipinski definition) is 1. The average molecular weight is 259 g/mol. The number of rotatable bonds is 2. The SMILES string of the molecule is CC(C)c1ccc(N2CC3CNCCN3C2=O)cc1. The molecule has 0 radical (unpaired) electrons. The van der Waals surface area contributed by atoms with Crippen LogP contribution in [0.25, 0.3) is 0 Å². The molecule has 3 rings (SSSR count). The number of amides is 2. The Hall–Kier alpha value is -1.55. The zero-order chi connectivity index (χ0) is 13.4. The molecule has 102 valence electrons. The van der Waals surface area contributed by atoms with Crippen molar-refractivity contribution in [2.45, 2.75) is 25.8 Å². The van der Waals surface area contributed by atoms with E-state index in [1.54, 1.807) is 0 Å². The molecule has 1 aromatic carbocycles. The predicted octanol–water partition coefficient (Wildman–Crippen LogP) is 2.02. The lowest BCUT2D eigenvalue weighted by molar-refractivity contribution is 0.193. The number of anilines is 1. The van der Waals surface area contributed by atoms with Gasteiger partial charge >= 0.3 is 6.03 Å². The number of fused-ring (bicyclic) bond motifs is 1. The van der Waals surface area contributed by atoms with Gasteiger partial charge in [-0.05, 0) is 23.6 Å². The number of carbonyl (C=O) groups is 1. The molecular formula is C15H21N3O. The zero-order valence-electron chi connectivity index (χ0n) is 11.6. The lowest BCUT2D eigenvalue weighted by atomic mass is 10.0. The molecule has 4 nitrogen and oxygen atoms in total. The summed E-state index contributed by atoms with van der Waals surface area (Å²) >= 11 is 0. The maximum Gasteiger partial charge on any atom is 0.324 e. The zero-order valence-corrected chi connectivity index (χ0v) is 11.6. The second-order valence-electron chi connectivity index (χ2n) is 5.69. The van der Waals surface area contributed by atoms with Crippen molar-refractivity contribution in [2.75, 3.05) is 31.1 Å². The van der Waals surface area contributed by atoms with E-state index in [1.165, 1.54) is 5.56 Å². The van der Waals surface area contributed by atoms with E-state index in [9.17, 15) is 4.79 Å². The van der Waals surface area contributed by atoms with Crippen LogP contribution in [-0.2, 0) is 0 Å². The van der Waals surface area contributed by atoms with Crippen LogP contribution in [0.1, 0.15) is 25.3 Å². The van der Waals surface area contributed by atoms with Crippen molar-refractivity contribution < 1.29 is 4.79 Å². The van der Waals surface area contributed by atoms with Gasteiger partial charge in [-0.1, -0.05) is 26.0 Å². The fraction of sp³-hybridized carbons (Fsp3) is 0.533. The Labute approximate surface area is 114 Å². The van der Waals surface area contributed by atoms with Crippen LogP contribution >= 0.6 is 0 Å². The first-order chi connectivity index (χ1) is 9.16. The first-order valence-electron chi connectivity index (χ1n) is 7.05. The maximum atomic E-state index is 12.4. The number of carbonyl (C=O) groups excluding carboxylic acids is 1. The van der Waals surface area contributed by atoms with Crippen molar-refractivity contribution in [3.05, 3.63) is 29.8 Å². The van der Waals surface area contributed by atoms with Crippen molar-refractivity contribution in [1.29, 1.82) is 0 Å². The average Bonchev–Trinajstić information content (AvgIpc) is 2.77. The molecule has 0 spiro atoms. The van der Waals surface area contributed by atoms with Gasteiger partial charge in [0.15, 0.2) is 0 Å². The Kier molecular flexibility index (Phi) is 3.19. The van der Waals surface area contributed by atoms with E-state index >= 15 is 0 Å². The highest BCUT2D eigenvalue weighted by atomic mass is 16.2. The van der Waals surface area contributed by atoms with Crippen LogP contribution in [-0.4, -0.2) is 43.2 Å². The lowest BCUT2D eigenvalue weighted by Crippen LogP contribution is -2.49. The predicted molar refractivity (Wildman–Crippen MR) is 76.6 cm³/mol. The first kappa shape index (κ1) is 12.5. The molecule has 1 aromatic rings. The van der Waals surface area contributed by atoms with Crippen LogP contribution in [0.3, 0.4) is 0 Å². The highest BCUT2D eigenvalue weighted by molar-refractivity contribution is 5.94. The van der Waals surface area contributed by atoms with E-state index in [2.05, 4.69) is 43.4 Å². The number of urea groups is 1. The van der Waals surface area contributed by atoms with Crippen molar-refractivity contribution >= 4 is 11.7 Å². The molecule has 0 bridgehead atoms. The molecule has 2 aliphatic rings. The molecule has 0 aromatic heterocycles. The molecule has 2 amide bonds. The topological polar surface area (TPSA) is 35.6 Å². The summed E-state index contributed by atoms with van der Waals surface area (Å²) in [5, 5.41) is 3.35. The van der Waals surface area contributed by atoms with E-state index in [1.807, 2.05) is 9.80 Å². The minimum Gasteiger partial charge on any atom is -0.317 e. The molecular weight excluding hydrogens is 238 g/mol. The molecule has 0 aliphatic carbocycles. The van der Waals surface area contributed by atoms with E-state index in [0.717, 1.165) is 31.9 Å². The number of hydrogen-bond acceptors (Lipinski definition) is 2. The van der Waals surface area contributed by atoms with Crippen molar-refractivity contribution in [2.24, 2.45) is 0 Å². The summed E-state index contributed by atoms with van der Waals surface area (Å²) in [5.41, 5.74) is 2.33. The summed E-state index contributed by atoms with van der Waals surface area (Å²) in [5.74, 6) is 0.527. The molecule has 2 heterocycles. The van der Waals surface area contributed by atoms with Crippen molar-refractivity contribution in [3.63, 3.8) is 0 Å². The van der Waals surface area contributed by atoms with Crippen molar-refractivity contribution in [3.8, 4) is 0 Å².